The molecular formula is C16H29N3O4S. The maximum Gasteiger partial charge on any atom is 0.281 e. The largest absolute Gasteiger partial charge is 0.376 e. The second kappa shape index (κ2) is 8.12. The summed E-state index contributed by atoms with van der Waals surface area (Å²) in [6, 6.07) is 0. The van der Waals surface area contributed by atoms with E-state index >= 15 is 0 Å². The van der Waals surface area contributed by atoms with Gasteiger partial charge in [0.2, 0.25) is 5.91 Å². The van der Waals surface area contributed by atoms with Crippen LogP contribution in [0.3, 0.4) is 0 Å². The van der Waals surface area contributed by atoms with Crippen molar-refractivity contribution in [3.63, 3.8) is 0 Å². The van der Waals surface area contributed by atoms with Gasteiger partial charge in [0.15, 0.2) is 0 Å². The lowest BCUT2D eigenvalue weighted by Gasteiger charge is -2.36. The van der Waals surface area contributed by atoms with Gasteiger partial charge < -0.3 is 10.1 Å². The van der Waals surface area contributed by atoms with E-state index in [9.17, 15) is 13.2 Å². The fourth-order valence-electron chi connectivity index (χ4n) is 3.79. The van der Waals surface area contributed by atoms with Crippen LogP contribution in [0.25, 0.3) is 0 Å². The highest BCUT2D eigenvalue weighted by atomic mass is 32.2. The minimum Gasteiger partial charge on any atom is -0.376 e. The third-order valence-electron chi connectivity index (χ3n) is 5.25. The van der Waals surface area contributed by atoms with E-state index in [-0.39, 0.29) is 17.9 Å². The molecule has 3 fully saturated rings. The van der Waals surface area contributed by atoms with Crippen LogP contribution >= 0.6 is 0 Å². The minimum atomic E-state index is -3.42. The molecule has 0 aromatic heterocycles. The molecule has 0 saturated carbocycles. The molecule has 0 bridgehead atoms. The summed E-state index contributed by atoms with van der Waals surface area (Å²) in [6.07, 6.45) is 6.60. The third-order valence-corrected chi connectivity index (χ3v) is 7.25. The number of rotatable bonds is 5. The number of ether oxygens (including phenoxy) is 1. The molecule has 3 aliphatic rings. The molecule has 0 aromatic carbocycles. The summed E-state index contributed by atoms with van der Waals surface area (Å²) in [6.45, 7) is 3.34. The van der Waals surface area contributed by atoms with Crippen LogP contribution in [0, 0.1) is 5.92 Å². The van der Waals surface area contributed by atoms with Gasteiger partial charge in [0.05, 0.1) is 12.0 Å². The topological polar surface area (TPSA) is 79.0 Å². The Balaban J connectivity index is 1.53. The molecule has 8 heteroatoms. The van der Waals surface area contributed by atoms with Crippen LogP contribution in [0.2, 0.25) is 0 Å². The molecule has 1 amide bonds. The first-order chi connectivity index (χ1) is 11.6. The summed E-state index contributed by atoms with van der Waals surface area (Å²) in [5.41, 5.74) is 0. The lowest BCUT2D eigenvalue weighted by molar-refractivity contribution is -0.126. The van der Waals surface area contributed by atoms with Gasteiger partial charge in [-0.05, 0) is 38.5 Å². The van der Waals surface area contributed by atoms with Gasteiger partial charge in [0.25, 0.3) is 10.2 Å². The minimum absolute atomic E-state index is 0.0379. The normalized spacial score (nSPS) is 30.3. The summed E-state index contributed by atoms with van der Waals surface area (Å²) < 4.78 is 34.2. The van der Waals surface area contributed by atoms with E-state index < -0.39 is 10.2 Å². The SMILES string of the molecule is O=C(NCC1CCCO1)C1CCCN(S(=O)(=O)N2CCCCC2)C1. The number of hydrogen-bond acceptors (Lipinski definition) is 4. The van der Waals surface area contributed by atoms with Crippen molar-refractivity contribution in [3.8, 4) is 0 Å². The predicted molar refractivity (Wildman–Crippen MR) is 90.6 cm³/mol. The zero-order valence-corrected chi connectivity index (χ0v) is 15.1. The Morgan fingerprint density at radius 3 is 2.46 bits per heavy atom. The number of nitrogens with zero attached hydrogens (tertiary/aromatic N) is 2. The van der Waals surface area contributed by atoms with E-state index in [1.165, 1.54) is 4.31 Å². The van der Waals surface area contributed by atoms with Crippen molar-refractivity contribution in [1.82, 2.24) is 13.9 Å². The van der Waals surface area contributed by atoms with E-state index in [1.807, 2.05) is 0 Å². The molecular weight excluding hydrogens is 330 g/mol. The molecule has 0 aliphatic carbocycles. The molecule has 0 spiro atoms. The van der Waals surface area contributed by atoms with Gasteiger partial charge in [-0.2, -0.15) is 17.0 Å². The van der Waals surface area contributed by atoms with Crippen LogP contribution in [-0.2, 0) is 19.7 Å². The van der Waals surface area contributed by atoms with Crippen molar-refractivity contribution < 1.29 is 17.9 Å². The molecule has 2 atom stereocenters. The van der Waals surface area contributed by atoms with E-state index in [2.05, 4.69) is 5.32 Å². The fourth-order valence-corrected chi connectivity index (χ4v) is 5.56. The van der Waals surface area contributed by atoms with Gasteiger partial charge in [-0.15, -0.1) is 0 Å². The van der Waals surface area contributed by atoms with Crippen LogP contribution in [-0.4, -0.2) is 68.4 Å². The molecule has 138 valence electrons. The van der Waals surface area contributed by atoms with Crippen molar-refractivity contribution in [2.24, 2.45) is 5.92 Å². The number of piperidine rings is 2. The van der Waals surface area contributed by atoms with E-state index in [0.717, 1.165) is 51.6 Å². The molecule has 3 rings (SSSR count). The van der Waals surface area contributed by atoms with Crippen LogP contribution in [0.15, 0.2) is 0 Å². The second-order valence-corrected chi connectivity index (χ2v) is 8.97. The lowest BCUT2D eigenvalue weighted by atomic mass is 9.99. The fraction of sp³-hybridized carbons (Fsp3) is 0.938. The highest BCUT2D eigenvalue weighted by Gasteiger charge is 2.36. The summed E-state index contributed by atoms with van der Waals surface area (Å²) in [5.74, 6) is -0.288. The molecule has 24 heavy (non-hydrogen) atoms. The number of amides is 1. The highest BCUT2D eigenvalue weighted by Crippen LogP contribution is 2.23. The molecule has 0 radical (unpaired) electrons. The average Bonchev–Trinajstić information content (AvgIpc) is 3.14. The van der Waals surface area contributed by atoms with Gasteiger partial charge in [-0.3, -0.25) is 4.79 Å². The molecule has 7 nitrogen and oxygen atoms in total. The Morgan fingerprint density at radius 2 is 1.75 bits per heavy atom. The molecule has 3 aliphatic heterocycles. The summed E-state index contributed by atoms with van der Waals surface area (Å²) in [5, 5.41) is 2.95. The van der Waals surface area contributed by atoms with Crippen molar-refractivity contribution in [3.05, 3.63) is 0 Å². The Labute approximate surface area is 144 Å². The standard InChI is InChI=1S/C16H29N3O4S/c20-16(17-12-15-7-5-11-23-15)14-6-4-10-19(13-14)24(21,22)18-8-2-1-3-9-18/h14-15H,1-13H2,(H,17,20). The molecule has 3 saturated heterocycles. The molecule has 0 aromatic rings. The Hall–Kier alpha value is -0.700. The quantitative estimate of drug-likeness (QED) is 0.785. The molecule has 3 heterocycles. The van der Waals surface area contributed by atoms with Gasteiger partial charge >= 0.3 is 0 Å². The van der Waals surface area contributed by atoms with Gasteiger partial charge in [0.1, 0.15) is 0 Å². The maximum atomic E-state index is 12.8. The van der Waals surface area contributed by atoms with E-state index in [1.54, 1.807) is 4.31 Å². The third kappa shape index (κ3) is 4.28. The zero-order chi connectivity index (χ0) is 17.0. The van der Waals surface area contributed by atoms with E-state index in [0.29, 0.717) is 32.7 Å². The van der Waals surface area contributed by atoms with Crippen molar-refractivity contribution >= 4 is 16.1 Å². The first kappa shape index (κ1) is 18.1. The van der Waals surface area contributed by atoms with Crippen LogP contribution < -0.4 is 5.32 Å². The Morgan fingerprint density at radius 1 is 1.00 bits per heavy atom. The average molecular weight is 359 g/mol. The molecule has 1 N–H and O–H groups in total. The summed E-state index contributed by atoms with van der Waals surface area (Å²) in [7, 11) is -3.42. The van der Waals surface area contributed by atoms with Crippen LogP contribution in [0.4, 0.5) is 0 Å². The number of hydrogen-bond donors (Lipinski definition) is 1. The van der Waals surface area contributed by atoms with Crippen molar-refractivity contribution in [1.29, 1.82) is 0 Å². The van der Waals surface area contributed by atoms with Crippen molar-refractivity contribution in [2.45, 2.75) is 51.0 Å². The Kier molecular flexibility index (Phi) is 6.12. The first-order valence-electron chi connectivity index (χ1n) is 9.22. The predicted octanol–water partition coefficient (Wildman–Crippen LogP) is 0.724. The number of nitrogens with one attached hydrogen (secondary N) is 1. The summed E-state index contributed by atoms with van der Waals surface area (Å²) >= 11 is 0. The Bertz CT molecular complexity index is 527. The summed E-state index contributed by atoms with van der Waals surface area (Å²) in [4.78, 5) is 12.4. The van der Waals surface area contributed by atoms with Crippen molar-refractivity contribution in [2.75, 3.05) is 39.3 Å². The monoisotopic (exact) mass is 359 g/mol. The van der Waals surface area contributed by atoms with Crippen LogP contribution in [0.1, 0.15) is 44.9 Å². The van der Waals surface area contributed by atoms with E-state index in [4.69, 9.17) is 4.74 Å². The second-order valence-electron chi connectivity index (χ2n) is 7.04. The number of carbonyl (C=O) groups excluding carboxylic acids is 1. The first-order valence-corrected chi connectivity index (χ1v) is 10.6. The van der Waals surface area contributed by atoms with Crippen LogP contribution in [0.5, 0.6) is 0 Å². The lowest BCUT2D eigenvalue weighted by Crippen LogP contribution is -2.51. The smallest absolute Gasteiger partial charge is 0.281 e. The van der Waals surface area contributed by atoms with Gasteiger partial charge in [-0.25, -0.2) is 0 Å². The zero-order valence-electron chi connectivity index (χ0n) is 14.3. The van der Waals surface area contributed by atoms with Gasteiger partial charge in [0, 0.05) is 39.3 Å². The number of carbonyl (C=O) groups is 1. The molecule has 2 unspecified atom stereocenters. The van der Waals surface area contributed by atoms with Gasteiger partial charge in [-0.1, -0.05) is 6.42 Å². The maximum absolute atomic E-state index is 12.8. The highest BCUT2D eigenvalue weighted by molar-refractivity contribution is 7.86.